The van der Waals surface area contributed by atoms with Gasteiger partial charge in [-0.2, -0.15) is 9.40 Å². The van der Waals surface area contributed by atoms with Crippen LogP contribution in [-0.2, 0) is 20.6 Å². The minimum atomic E-state index is -3.52. The monoisotopic (exact) mass is 321 g/mol. The van der Waals surface area contributed by atoms with Crippen LogP contribution in [0.4, 0.5) is 0 Å². The van der Waals surface area contributed by atoms with E-state index in [0.29, 0.717) is 37.0 Å². The molecule has 6 nitrogen and oxygen atoms in total. The summed E-state index contributed by atoms with van der Waals surface area (Å²) in [4.78, 5) is 0.234. The first-order valence-corrected chi connectivity index (χ1v) is 8.57. The third-order valence-electron chi connectivity index (χ3n) is 3.66. The topological polar surface area (TPSA) is 75.3 Å². The van der Waals surface area contributed by atoms with Crippen molar-refractivity contribution >= 4 is 21.6 Å². The maximum Gasteiger partial charge on any atom is 0.246 e. The van der Waals surface area contributed by atoms with Crippen molar-refractivity contribution in [3.8, 4) is 0 Å². The third kappa shape index (κ3) is 3.00. The first kappa shape index (κ1) is 15.8. The molecule has 114 valence electrons. The molecule has 0 saturated carbocycles. The van der Waals surface area contributed by atoms with Crippen LogP contribution in [0.5, 0.6) is 0 Å². The molecule has 1 saturated heterocycles. The summed E-state index contributed by atoms with van der Waals surface area (Å²) in [6.07, 6.45) is 1.64. The number of halogens is 1. The van der Waals surface area contributed by atoms with Crippen LogP contribution in [0.2, 0.25) is 0 Å². The van der Waals surface area contributed by atoms with Gasteiger partial charge >= 0.3 is 0 Å². The lowest BCUT2D eigenvalue weighted by atomic mass is 9.99. The van der Waals surface area contributed by atoms with Crippen LogP contribution in [0, 0.1) is 12.8 Å². The summed E-state index contributed by atoms with van der Waals surface area (Å²) in [5, 5.41) is 6.66. The van der Waals surface area contributed by atoms with Gasteiger partial charge in [0.15, 0.2) is 0 Å². The number of rotatable bonds is 5. The minimum absolute atomic E-state index is 0.0824. The van der Waals surface area contributed by atoms with Crippen molar-refractivity contribution < 1.29 is 13.2 Å². The van der Waals surface area contributed by atoms with E-state index in [1.807, 2.05) is 0 Å². The lowest BCUT2D eigenvalue weighted by Gasteiger charge is -2.30. The predicted molar refractivity (Wildman–Crippen MR) is 76.2 cm³/mol. The lowest BCUT2D eigenvalue weighted by molar-refractivity contribution is 0.121. The van der Waals surface area contributed by atoms with Crippen molar-refractivity contribution in [3.05, 3.63) is 11.4 Å². The molecule has 2 heterocycles. The van der Waals surface area contributed by atoms with E-state index in [1.165, 1.54) is 4.31 Å². The Bertz CT molecular complexity index is 550. The van der Waals surface area contributed by atoms with E-state index in [-0.39, 0.29) is 10.8 Å². The van der Waals surface area contributed by atoms with Crippen LogP contribution in [0.1, 0.15) is 24.2 Å². The van der Waals surface area contributed by atoms with Crippen molar-refractivity contribution in [2.75, 3.05) is 26.8 Å². The average molecular weight is 322 g/mol. The normalized spacial score (nSPS) is 18.6. The molecule has 0 aliphatic carbocycles. The molecule has 1 aromatic heterocycles. The average Bonchev–Trinajstić information content (AvgIpc) is 2.81. The van der Waals surface area contributed by atoms with Gasteiger partial charge in [0.25, 0.3) is 0 Å². The summed E-state index contributed by atoms with van der Waals surface area (Å²) in [5.74, 6) is 0.517. The first-order chi connectivity index (χ1) is 9.50. The molecule has 2 rings (SSSR count). The highest BCUT2D eigenvalue weighted by atomic mass is 35.5. The molecule has 1 aliphatic heterocycles. The molecule has 0 aromatic carbocycles. The zero-order valence-corrected chi connectivity index (χ0v) is 13.3. The maximum atomic E-state index is 12.7. The third-order valence-corrected chi connectivity index (χ3v) is 6.02. The predicted octanol–water partition coefficient (Wildman–Crippen LogP) is 1.50. The van der Waals surface area contributed by atoms with Crippen LogP contribution < -0.4 is 0 Å². The fourth-order valence-electron chi connectivity index (χ4n) is 2.58. The van der Waals surface area contributed by atoms with E-state index in [4.69, 9.17) is 16.3 Å². The molecule has 0 atom stereocenters. The number of sulfonamides is 1. The zero-order valence-electron chi connectivity index (χ0n) is 11.7. The number of methoxy groups -OCH3 is 1. The van der Waals surface area contributed by atoms with Crippen molar-refractivity contribution in [2.45, 2.75) is 30.5 Å². The largest absolute Gasteiger partial charge is 0.384 e. The Hall–Kier alpha value is -0.630. The lowest BCUT2D eigenvalue weighted by Crippen LogP contribution is -2.39. The van der Waals surface area contributed by atoms with Gasteiger partial charge < -0.3 is 4.74 Å². The number of aromatic amines is 1. The van der Waals surface area contributed by atoms with Gasteiger partial charge in [0.05, 0.1) is 17.3 Å². The summed E-state index contributed by atoms with van der Waals surface area (Å²) in [7, 11) is -1.84. The van der Waals surface area contributed by atoms with Crippen molar-refractivity contribution in [1.29, 1.82) is 0 Å². The number of H-pyrrole nitrogens is 1. The number of nitrogens with one attached hydrogen (secondary N) is 1. The molecule has 1 aliphatic rings. The van der Waals surface area contributed by atoms with Crippen molar-refractivity contribution in [2.24, 2.45) is 5.92 Å². The van der Waals surface area contributed by atoms with Crippen molar-refractivity contribution in [1.82, 2.24) is 14.5 Å². The second kappa shape index (κ2) is 6.43. The Morgan fingerprint density at radius 1 is 1.45 bits per heavy atom. The Morgan fingerprint density at radius 2 is 2.10 bits per heavy atom. The second-order valence-corrected chi connectivity index (χ2v) is 7.20. The van der Waals surface area contributed by atoms with Gasteiger partial charge in [0.2, 0.25) is 10.0 Å². The van der Waals surface area contributed by atoms with Crippen LogP contribution in [0.15, 0.2) is 4.90 Å². The van der Waals surface area contributed by atoms with E-state index in [2.05, 4.69) is 10.2 Å². The molecule has 0 amide bonds. The summed E-state index contributed by atoms with van der Waals surface area (Å²) in [5.41, 5.74) is 0.933. The number of aryl methyl sites for hydroxylation is 1. The van der Waals surface area contributed by atoms with Crippen molar-refractivity contribution in [3.63, 3.8) is 0 Å². The summed E-state index contributed by atoms with van der Waals surface area (Å²) in [6, 6.07) is 0. The van der Waals surface area contributed by atoms with Crippen LogP contribution in [-0.4, -0.2) is 49.7 Å². The smallest absolute Gasteiger partial charge is 0.246 e. The van der Waals surface area contributed by atoms with Gasteiger partial charge in [0, 0.05) is 26.8 Å². The molecule has 8 heteroatoms. The Morgan fingerprint density at radius 3 is 2.65 bits per heavy atom. The van der Waals surface area contributed by atoms with Gasteiger partial charge in [-0.05, 0) is 25.7 Å². The standard InChI is InChI=1S/C12H20ClN3O3S/c1-9-12(11(7-13)15-14-9)20(17,18)16-5-3-10(4-6-16)8-19-2/h10H,3-8H2,1-2H3,(H,14,15). The fraction of sp³-hybridized carbons (Fsp3) is 0.750. The highest BCUT2D eigenvalue weighted by Crippen LogP contribution is 2.27. The molecule has 0 bridgehead atoms. The molecular formula is C12H20ClN3O3S. The maximum absolute atomic E-state index is 12.7. The molecule has 0 unspecified atom stereocenters. The Balaban J connectivity index is 2.18. The summed E-state index contributed by atoms with van der Waals surface area (Å²) in [6.45, 7) is 3.42. The molecule has 1 fully saturated rings. The number of ether oxygens (including phenoxy) is 1. The van der Waals surface area contributed by atoms with Gasteiger partial charge in [-0.25, -0.2) is 8.42 Å². The highest BCUT2D eigenvalue weighted by molar-refractivity contribution is 7.89. The Kier molecular flexibility index (Phi) is 5.06. The summed E-state index contributed by atoms with van der Waals surface area (Å²) < 4.78 is 32.0. The van der Waals surface area contributed by atoms with E-state index in [1.54, 1.807) is 14.0 Å². The zero-order chi connectivity index (χ0) is 14.8. The molecule has 0 spiro atoms. The molecule has 0 radical (unpaired) electrons. The van der Waals surface area contributed by atoms with Gasteiger partial charge in [-0.3, -0.25) is 5.10 Å². The van der Waals surface area contributed by atoms with E-state index in [9.17, 15) is 8.42 Å². The van der Waals surface area contributed by atoms with Crippen LogP contribution >= 0.6 is 11.6 Å². The highest BCUT2D eigenvalue weighted by Gasteiger charge is 2.33. The number of nitrogens with zero attached hydrogens (tertiary/aromatic N) is 2. The number of hydrogen-bond acceptors (Lipinski definition) is 4. The van der Waals surface area contributed by atoms with Gasteiger partial charge in [-0.15, -0.1) is 11.6 Å². The molecule has 20 heavy (non-hydrogen) atoms. The number of aromatic nitrogens is 2. The SMILES string of the molecule is COCC1CCN(S(=O)(=O)c2c(CCl)n[nH]c2C)CC1. The first-order valence-electron chi connectivity index (χ1n) is 6.59. The van der Waals surface area contributed by atoms with E-state index >= 15 is 0 Å². The van der Waals surface area contributed by atoms with Gasteiger partial charge in [0.1, 0.15) is 4.90 Å². The number of piperidine rings is 1. The molecule has 1 aromatic rings. The van der Waals surface area contributed by atoms with E-state index in [0.717, 1.165) is 12.8 Å². The minimum Gasteiger partial charge on any atom is -0.384 e. The second-order valence-electron chi connectivity index (χ2n) is 5.06. The number of alkyl halides is 1. The molecule has 1 N–H and O–H groups in total. The Labute approximate surface area is 124 Å². The quantitative estimate of drug-likeness (QED) is 0.834. The van der Waals surface area contributed by atoms with Crippen LogP contribution in [0.25, 0.3) is 0 Å². The number of hydrogen-bond donors (Lipinski definition) is 1. The fourth-order valence-corrected chi connectivity index (χ4v) is 4.65. The summed E-state index contributed by atoms with van der Waals surface area (Å²) >= 11 is 5.77. The van der Waals surface area contributed by atoms with Gasteiger partial charge in [-0.1, -0.05) is 0 Å². The van der Waals surface area contributed by atoms with Crippen LogP contribution in [0.3, 0.4) is 0 Å². The molecular weight excluding hydrogens is 302 g/mol. The van der Waals surface area contributed by atoms with E-state index < -0.39 is 10.0 Å².